The van der Waals surface area contributed by atoms with E-state index < -0.39 is 0 Å². The van der Waals surface area contributed by atoms with Gasteiger partial charge >= 0.3 is 0 Å². The molecule has 0 aliphatic carbocycles. The summed E-state index contributed by atoms with van der Waals surface area (Å²) < 4.78 is 13.6. The van der Waals surface area contributed by atoms with Crippen molar-refractivity contribution in [2.75, 3.05) is 12.4 Å². The topological polar surface area (TPSA) is 41.1 Å². The summed E-state index contributed by atoms with van der Waals surface area (Å²) >= 11 is 0. The van der Waals surface area contributed by atoms with Gasteiger partial charge in [-0.3, -0.25) is 4.79 Å². The average Bonchev–Trinajstić information content (AvgIpc) is 2.49. The van der Waals surface area contributed by atoms with Gasteiger partial charge in [0.2, 0.25) is 0 Å². The summed E-state index contributed by atoms with van der Waals surface area (Å²) in [7, 11) is 1.86. The molecule has 2 aromatic rings. The number of carbonyl (C=O) groups excluding carboxylic acids is 1. The third kappa shape index (κ3) is 3.47. The second kappa shape index (κ2) is 6.50. The van der Waals surface area contributed by atoms with Crippen LogP contribution < -0.4 is 10.6 Å². The van der Waals surface area contributed by atoms with Crippen LogP contribution in [0.3, 0.4) is 0 Å². The van der Waals surface area contributed by atoms with Gasteiger partial charge in [0.1, 0.15) is 5.82 Å². The lowest BCUT2D eigenvalue weighted by atomic mass is 10.1. The molecule has 0 spiro atoms. The Morgan fingerprint density at radius 3 is 2.57 bits per heavy atom. The van der Waals surface area contributed by atoms with Crippen LogP contribution in [0.1, 0.15) is 34.5 Å². The van der Waals surface area contributed by atoms with Crippen molar-refractivity contribution in [3.8, 4) is 0 Å². The van der Waals surface area contributed by atoms with Gasteiger partial charge in [-0.15, -0.1) is 0 Å². The standard InChI is InChI=1S/C17H19FN2O/c1-11-8-9-13(10-15(11)18)17(21)20-16-7-5-4-6-14(16)12(2)19-3/h4-10,12,19H,1-3H3,(H,20,21). The van der Waals surface area contributed by atoms with E-state index in [0.29, 0.717) is 11.1 Å². The molecule has 1 amide bonds. The molecule has 2 aromatic carbocycles. The van der Waals surface area contributed by atoms with Crippen LogP contribution in [-0.2, 0) is 0 Å². The third-order valence-electron chi connectivity index (χ3n) is 3.54. The maximum Gasteiger partial charge on any atom is 0.255 e. The number of rotatable bonds is 4. The zero-order chi connectivity index (χ0) is 15.4. The van der Waals surface area contributed by atoms with Crippen LogP contribution in [0.15, 0.2) is 42.5 Å². The monoisotopic (exact) mass is 286 g/mol. The van der Waals surface area contributed by atoms with Crippen molar-refractivity contribution in [3.05, 3.63) is 65.0 Å². The van der Waals surface area contributed by atoms with E-state index in [4.69, 9.17) is 0 Å². The summed E-state index contributed by atoms with van der Waals surface area (Å²) in [5.74, 6) is -0.691. The molecule has 2 rings (SSSR count). The van der Waals surface area contributed by atoms with Gasteiger partial charge in [0.25, 0.3) is 5.91 Å². The quantitative estimate of drug-likeness (QED) is 0.900. The number of aryl methyl sites for hydroxylation is 1. The zero-order valence-corrected chi connectivity index (χ0v) is 12.4. The SMILES string of the molecule is CNC(C)c1ccccc1NC(=O)c1ccc(C)c(F)c1. The van der Waals surface area contributed by atoms with Crippen LogP contribution in [0.5, 0.6) is 0 Å². The molecule has 110 valence electrons. The van der Waals surface area contributed by atoms with Gasteiger partial charge in [-0.2, -0.15) is 0 Å². The molecule has 0 aromatic heterocycles. The van der Waals surface area contributed by atoms with Crippen molar-refractivity contribution in [1.29, 1.82) is 0 Å². The molecular formula is C17H19FN2O. The van der Waals surface area contributed by atoms with E-state index in [-0.39, 0.29) is 17.8 Å². The van der Waals surface area contributed by atoms with Gasteiger partial charge in [-0.25, -0.2) is 4.39 Å². The van der Waals surface area contributed by atoms with E-state index in [9.17, 15) is 9.18 Å². The first-order valence-electron chi connectivity index (χ1n) is 6.86. The molecule has 0 radical (unpaired) electrons. The fraction of sp³-hybridized carbons (Fsp3) is 0.235. The fourth-order valence-electron chi connectivity index (χ4n) is 2.07. The fourth-order valence-corrected chi connectivity index (χ4v) is 2.07. The maximum absolute atomic E-state index is 13.6. The third-order valence-corrected chi connectivity index (χ3v) is 3.54. The number of para-hydroxylation sites is 1. The van der Waals surface area contributed by atoms with Crippen molar-refractivity contribution in [2.24, 2.45) is 0 Å². The Bertz CT molecular complexity index is 655. The van der Waals surface area contributed by atoms with Crippen LogP contribution in [0.2, 0.25) is 0 Å². The normalized spacial score (nSPS) is 12.0. The molecule has 0 heterocycles. The van der Waals surface area contributed by atoms with Crippen molar-refractivity contribution in [3.63, 3.8) is 0 Å². The first-order valence-corrected chi connectivity index (χ1v) is 6.86. The number of hydrogen-bond acceptors (Lipinski definition) is 2. The van der Waals surface area contributed by atoms with Gasteiger partial charge in [0.15, 0.2) is 0 Å². The van der Waals surface area contributed by atoms with Crippen LogP contribution in [-0.4, -0.2) is 13.0 Å². The minimum Gasteiger partial charge on any atom is -0.322 e. The van der Waals surface area contributed by atoms with Gasteiger partial charge in [-0.1, -0.05) is 24.3 Å². The summed E-state index contributed by atoms with van der Waals surface area (Å²) in [6, 6.07) is 12.2. The predicted octanol–water partition coefficient (Wildman–Crippen LogP) is 3.67. The minimum atomic E-state index is -0.375. The van der Waals surface area contributed by atoms with Gasteiger partial charge in [-0.05, 0) is 50.2 Å². The second-order valence-corrected chi connectivity index (χ2v) is 5.02. The Balaban J connectivity index is 2.25. The van der Waals surface area contributed by atoms with Crippen molar-refractivity contribution >= 4 is 11.6 Å². The van der Waals surface area contributed by atoms with E-state index in [2.05, 4.69) is 10.6 Å². The second-order valence-electron chi connectivity index (χ2n) is 5.02. The van der Waals surface area contributed by atoms with E-state index in [1.807, 2.05) is 38.2 Å². The van der Waals surface area contributed by atoms with E-state index in [1.54, 1.807) is 19.1 Å². The van der Waals surface area contributed by atoms with Crippen LogP contribution >= 0.6 is 0 Å². The Hall–Kier alpha value is -2.20. The summed E-state index contributed by atoms with van der Waals surface area (Å²) in [4.78, 5) is 12.2. The number of halogens is 1. The molecule has 21 heavy (non-hydrogen) atoms. The molecule has 2 N–H and O–H groups in total. The number of amides is 1. The highest BCUT2D eigenvalue weighted by Crippen LogP contribution is 2.23. The average molecular weight is 286 g/mol. The predicted molar refractivity (Wildman–Crippen MR) is 83.0 cm³/mol. The Kier molecular flexibility index (Phi) is 4.70. The molecule has 3 nitrogen and oxygen atoms in total. The molecule has 1 atom stereocenters. The van der Waals surface area contributed by atoms with Gasteiger partial charge in [0, 0.05) is 17.3 Å². The molecule has 0 bridgehead atoms. The molecule has 0 fully saturated rings. The van der Waals surface area contributed by atoms with Crippen molar-refractivity contribution < 1.29 is 9.18 Å². The summed E-state index contributed by atoms with van der Waals surface area (Å²) in [5, 5.41) is 5.98. The lowest BCUT2D eigenvalue weighted by Crippen LogP contribution is -2.18. The largest absolute Gasteiger partial charge is 0.322 e. The number of anilines is 1. The molecular weight excluding hydrogens is 267 g/mol. The first-order chi connectivity index (χ1) is 10.0. The highest BCUT2D eigenvalue weighted by Gasteiger charge is 2.13. The Morgan fingerprint density at radius 1 is 1.19 bits per heavy atom. The lowest BCUT2D eigenvalue weighted by Gasteiger charge is -2.16. The van der Waals surface area contributed by atoms with Crippen LogP contribution in [0, 0.1) is 12.7 Å². The Labute approximate surface area is 124 Å². The van der Waals surface area contributed by atoms with E-state index in [1.165, 1.54) is 6.07 Å². The number of carbonyl (C=O) groups is 1. The first kappa shape index (κ1) is 15.2. The highest BCUT2D eigenvalue weighted by atomic mass is 19.1. The number of hydrogen-bond donors (Lipinski definition) is 2. The molecule has 1 unspecified atom stereocenters. The number of benzene rings is 2. The number of nitrogens with one attached hydrogen (secondary N) is 2. The van der Waals surface area contributed by atoms with E-state index in [0.717, 1.165) is 11.3 Å². The lowest BCUT2D eigenvalue weighted by molar-refractivity contribution is 0.102. The maximum atomic E-state index is 13.6. The molecule has 0 saturated carbocycles. The summed E-state index contributed by atoms with van der Waals surface area (Å²) in [5.41, 5.74) is 2.55. The minimum absolute atomic E-state index is 0.108. The van der Waals surface area contributed by atoms with Gasteiger partial charge in [0.05, 0.1) is 0 Å². The summed E-state index contributed by atoms with van der Waals surface area (Å²) in [6.45, 7) is 3.68. The van der Waals surface area contributed by atoms with E-state index >= 15 is 0 Å². The Morgan fingerprint density at radius 2 is 1.90 bits per heavy atom. The molecule has 4 heteroatoms. The molecule has 0 aliphatic rings. The van der Waals surface area contributed by atoms with Crippen LogP contribution in [0.4, 0.5) is 10.1 Å². The highest BCUT2D eigenvalue weighted by molar-refractivity contribution is 6.04. The van der Waals surface area contributed by atoms with Gasteiger partial charge < -0.3 is 10.6 Å². The zero-order valence-electron chi connectivity index (χ0n) is 12.4. The smallest absolute Gasteiger partial charge is 0.255 e. The molecule has 0 aliphatic heterocycles. The van der Waals surface area contributed by atoms with Crippen LogP contribution in [0.25, 0.3) is 0 Å². The summed E-state index contributed by atoms with van der Waals surface area (Å²) in [6.07, 6.45) is 0. The van der Waals surface area contributed by atoms with Crippen molar-refractivity contribution in [1.82, 2.24) is 5.32 Å². The molecule has 0 saturated heterocycles. The van der Waals surface area contributed by atoms with Crippen molar-refractivity contribution in [2.45, 2.75) is 19.9 Å².